The van der Waals surface area contributed by atoms with E-state index in [0.29, 0.717) is 11.1 Å². The van der Waals surface area contributed by atoms with Gasteiger partial charge in [0.15, 0.2) is 5.78 Å². The van der Waals surface area contributed by atoms with E-state index in [-0.39, 0.29) is 11.6 Å². The van der Waals surface area contributed by atoms with Crippen LogP contribution in [-0.2, 0) is 0 Å². The molecule has 0 N–H and O–H groups in total. The van der Waals surface area contributed by atoms with Crippen LogP contribution in [0.4, 0.5) is 4.39 Å². The van der Waals surface area contributed by atoms with Crippen molar-refractivity contribution in [3.05, 3.63) is 56.5 Å². The number of thiophene rings is 1. The molecule has 0 unspecified atom stereocenters. The van der Waals surface area contributed by atoms with E-state index in [9.17, 15) is 9.18 Å². The number of halogens is 1. The number of benzene rings is 1. The molecule has 0 atom stereocenters. The first-order valence-electron chi connectivity index (χ1n) is 5.37. The minimum absolute atomic E-state index is 0.0937. The summed E-state index contributed by atoms with van der Waals surface area (Å²) in [6, 6.07) is 6.19. The highest BCUT2D eigenvalue weighted by Gasteiger charge is 2.16. The minimum atomic E-state index is -0.372. The fraction of sp³-hybridized carbons (Fsp3) is 0.214. The van der Waals surface area contributed by atoms with Crippen molar-refractivity contribution in [2.45, 2.75) is 20.8 Å². The summed E-state index contributed by atoms with van der Waals surface area (Å²) in [5.41, 5.74) is 1.94. The normalized spacial score (nSPS) is 10.6. The Kier molecular flexibility index (Phi) is 3.11. The predicted molar refractivity (Wildman–Crippen MR) is 68.4 cm³/mol. The standard InChI is InChI=1S/C14H13FOS/c1-8-4-5-11(15)7-12(8)14(16)13-6-9(2)17-10(13)3/h4-7H,1-3H3. The second-order valence-corrected chi connectivity index (χ2v) is 5.58. The lowest BCUT2D eigenvalue weighted by Crippen LogP contribution is -2.04. The Morgan fingerprint density at radius 2 is 1.82 bits per heavy atom. The van der Waals surface area contributed by atoms with Gasteiger partial charge in [0.25, 0.3) is 0 Å². The van der Waals surface area contributed by atoms with E-state index >= 15 is 0 Å². The Hall–Kier alpha value is -1.48. The molecule has 0 saturated carbocycles. The molecule has 0 saturated heterocycles. The molecule has 0 amide bonds. The summed E-state index contributed by atoms with van der Waals surface area (Å²) < 4.78 is 13.2. The van der Waals surface area contributed by atoms with Gasteiger partial charge < -0.3 is 0 Å². The zero-order valence-electron chi connectivity index (χ0n) is 10.0. The maximum Gasteiger partial charge on any atom is 0.194 e. The fourth-order valence-corrected chi connectivity index (χ4v) is 2.76. The van der Waals surface area contributed by atoms with Gasteiger partial charge in [-0.2, -0.15) is 0 Å². The summed E-state index contributed by atoms with van der Waals surface area (Å²) >= 11 is 1.59. The molecule has 1 heterocycles. The molecule has 17 heavy (non-hydrogen) atoms. The van der Waals surface area contributed by atoms with Crippen LogP contribution in [0.1, 0.15) is 31.2 Å². The molecule has 88 valence electrons. The van der Waals surface area contributed by atoms with Crippen molar-refractivity contribution in [2.75, 3.05) is 0 Å². The van der Waals surface area contributed by atoms with Crippen LogP contribution in [0.2, 0.25) is 0 Å². The van der Waals surface area contributed by atoms with Crippen molar-refractivity contribution in [3.63, 3.8) is 0 Å². The van der Waals surface area contributed by atoms with Crippen LogP contribution in [0.3, 0.4) is 0 Å². The first-order valence-corrected chi connectivity index (χ1v) is 6.18. The summed E-state index contributed by atoms with van der Waals surface area (Å²) in [5, 5.41) is 0. The van der Waals surface area contributed by atoms with Crippen LogP contribution in [-0.4, -0.2) is 5.78 Å². The Bertz CT molecular complexity index is 584. The Balaban J connectivity index is 2.50. The maximum absolute atomic E-state index is 13.2. The third-order valence-electron chi connectivity index (χ3n) is 2.73. The van der Waals surface area contributed by atoms with Crippen molar-refractivity contribution in [1.82, 2.24) is 0 Å². The van der Waals surface area contributed by atoms with Gasteiger partial charge in [-0.25, -0.2) is 4.39 Å². The van der Waals surface area contributed by atoms with Gasteiger partial charge in [0.1, 0.15) is 5.82 Å². The van der Waals surface area contributed by atoms with Crippen LogP contribution in [0.25, 0.3) is 0 Å². The molecule has 1 aromatic carbocycles. The quantitative estimate of drug-likeness (QED) is 0.733. The highest BCUT2D eigenvalue weighted by Crippen LogP contribution is 2.24. The molecular formula is C14H13FOS. The lowest BCUT2D eigenvalue weighted by Gasteiger charge is -2.04. The molecule has 0 spiro atoms. The van der Waals surface area contributed by atoms with E-state index in [1.165, 1.54) is 12.1 Å². The second-order valence-electron chi connectivity index (χ2n) is 4.12. The molecule has 0 bridgehead atoms. The van der Waals surface area contributed by atoms with E-state index in [0.717, 1.165) is 15.3 Å². The highest BCUT2D eigenvalue weighted by atomic mass is 32.1. The van der Waals surface area contributed by atoms with Crippen LogP contribution in [0.15, 0.2) is 24.3 Å². The van der Waals surface area contributed by atoms with Crippen LogP contribution < -0.4 is 0 Å². The number of hydrogen-bond donors (Lipinski definition) is 0. The molecule has 1 aromatic heterocycles. The molecule has 2 aromatic rings. The van der Waals surface area contributed by atoms with Crippen molar-refractivity contribution >= 4 is 17.1 Å². The summed E-state index contributed by atoms with van der Waals surface area (Å²) in [6.45, 7) is 5.70. The molecule has 0 radical (unpaired) electrons. The van der Waals surface area contributed by atoms with Crippen molar-refractivity contribution in [3.8, 4) is 0 Å². The topological polar surface area (TPSA) is 17.1 Å². The van der Waals surface area contributed by atoms with Gasteiger partial charge in [-0.15, -0.1) is 11.3 Å². The van der Waals surface area contributed by atoms with Gasteiger partial charge in [0.05, 0.1) is 0 Å². The van der Waals surface area contributed by atoms with Crippen LogP contribution >= 0.6 is 11.3 Å². The second kappa shape index (κ2) is 4.41. The van der Waals surface area contributed by atoms with E-state index < -0.39 is 0 Å². The summed E-state index contributed by atoms with van der Waals surface area (Å²) in [7, 11) is 0. The third-order valence-corrected chi connectivity index (χ3v) is 3.70. The number of carbonyl (C=O) groups is 1. The summed E-state index contributed by atoms with van der Waals surface area (Å²) in [4.78, 5) is 14.4. The zero-order chi connectivity index (χ0) is 12.6. The molecule has 0 aliphatic heterocycles. The van der Waals surface area contributed by atoms with E-state index in [4.69, 9.17) is 0 Å². The number of hydrogen-bond acceptors (Lipinski definition) is 2. The summed E-state index contributed by atoms with van der Waals surface area (Å²) in [5.74, 6) is -0.465. The fourth-order valence-electron chi connectivity index (χ4n) is 1.84. The molecule has 1 nitrogen and oxygen atoms in total. The number of rotatable bonds is 2. The molecule has 0 aliphatic carbocycles. The zero-order valence-corrected chi connectivity index (χ0v) is 10.8. The first-order chi connectivity index (χ1) is 7.99. The van der Waals surface area contributed by atoms with E-state index in [2.05, 4.69) is 0 Å². The molecular weight excluding hydrogens is 235 g/mol. The van der Waals surface area contributed by atoms with Crippen molar-refractivity contribution in [1.29, 1.82) is 0 Å². The molecule has 0 fully saturated rings. The lowest BCUT2D eigenvalue weighted by atomic mass is 9.99. The average molecular weight is 248 g/mol. The Labute approximate surface area is 104 Å². The number of ketones is 1. The monoisotopic (exact) mass is 248 g/mol. The van der Waals surface area contributed by atoms with Crippen LogP contribution in [0.5, 0.6) is 0 Å². The smallest absolute Gasteiger partial charge is 0.194 e. The molecule has 3 heteroatoms. The lowest BCUT2D eigenvalue weighted by molar-refractivity contribution is 0.103. The minimum Gasteiger partial charge on any atom is -0.289 e. The van der Waals surface area contributed by atoms with E-state index in [1.807, 2.05) is 26.8 Å². The maximum atomic E-state index is 13.2. The molecule has 0 aliphatic rings. The van der Waals surface area contributed by atoms with E-state index in [1.54, 1.807) is 17.4 Å². The van der Waals surface area contributed by atoms with Gasteiger partial charge in [0, 0.05) is 20.9 Å². The third kappa shape index (κ3) is 2.29. The van der Waals surface area contributed by atoms with Gasteiger partial charge in [-0.3, -0.25) is 4.79 Å². The predicted octanol–water partition coefficient (Wildman–Crippen LogP) is 4.04. The number of carbonyl (C=O) groups excluding carboxylic acids is 1. The first kappa shape index (κ1) is 12.0. The average Bonchev–Trinajstić information content (AvgIpc) is 2.60. The van der Waals surface area contributed by atoms with Crippen molar-refractivity contribution < 1.29 is 9.18 Å². The Morgan fingerprint density at radius 1 is 1.12 bits per heavy atom. The summed E-state index contributed by atoms with van der Waals surface area (Å²) in [6.07, 6.45) is 0. The van der Waals surface area contributed by atoms with Gasteiger partial charge >= 0.3 is 0 Å². The van der Waals surface area contributed by atoms with Crippen LogP contribution in [0, 0.1) is 26.6 Å². The SMILES string of the molecule is Cc1cc(C(=O)c2cc(F)ccc2C)c(C)s1. The number of aryl methyl sites for hydroxylation is 3. The largest absolute Gasteiger partial charge is 0.289 e. The molecule has 2 rings (SSSR count). The Morgan fingerprint density at radius 3 is 2.41 bits per heavy atom. The highest BCUT2D eigenvalue weighted by molar-refractivity contribution is 7.12. The van der Waals surface area contributed by atoms with Gasteiger partial charge in [0.2, 0.25) is 0 Å². The van der Waals surface area contributed by atoms with Gasteiger partial charge in [-0.1, -0.05) is 6.07 Å². The van der Waals surface area contributed by atoms with Gasteiger partial charge in [-0.05, 0) is 44.5 Å². The van der Waals surface area contributed by atoms with Crippen molar-refractivity contribution in [2.24, 2.45) is 0 Å².